The quantitative estimate of drug-likeness (QED) is 0.163. The molecule has 0 saturated carbocycles. The van der Waals surface area contributed by atoms with Crippen LogP contribution in [0, 0.1) is 0 Å². The molecule has 184 valence electrons. The van der Waals surface area contributed by atoms with Crippen molar-refractivity contribution in [2.24, 2.45) is 4.99 Å². The molecule has 0 radical (unpaired) electrons. The maximum absolute atomic E-state index is 5.74. The Morgan fingerprint density at radius 2 is 2.00 bits per heavy atom. The standard InChI is InChI=1S/C25H38N4O3.HI/c1-3-26-25(27-13-8-14-30-20-24-12-7-16-32-24)28-17-21-9-4-5-10-22(21)18-29(2)19-23-11-6-15-31-23;/h4-6,9-11,15,24H,3,7-8,12-14,16-20H2,1-2H3,(H2,26,27,28);1H. The molecule has 1 fully saturated rings. The monoisotopic (exact) mass is 570 g/mol. The number of ether oxygens (including phenoxy) is 2. The fourth-order valence-corrected chi connectivity index (χ4v) is 3.76. The van der Waals surface area contributed by atoms with Gasteiger partial charge >= 0.3 is 0 Å². The van der Waals surface area contributed by atoms with Gasteiger partial charge in [0.05, 0.1) is 32.1 Å². The number of furan rings is 1. The van der Waals surface area contributed by atoms with E-state index in [1.54, 1.807) is 6.26 Å². The van der Waals surface area contributed by atoms with Crippen molar-refractivity contribution in [3.8, 4) is 0 Å². The fraction of sp³-hybridized carbons (Fsp3) is 0.560. The largest absolute Gasteiger partial charge is 0.468 e. The zero-order valence-electron chi connectivity index (χ0n) is 19.9. The van der Waals surface area contributed by atoms with Crippen LogP contribution in [0.3, 0.4) is 0 Å². The van der Waals surface area contributed by atoms with Crippen LogP contribution in [0.2, 0.25) is 0 Å². The number of nitrogens with one attached hydrogen (secondary N) is 2. The maximum atomic E-state index is 5.74. The Morgan fingerprint density at radius 3 is 2.73 bits per heavy atom. The molecule has 0 spiro atoms. The highest BCUT2D eigenvalue weighted by molar-refractivity contribution is 14.0. The van der Waals surface area contributed by atoms with E-state index in [1.165, 1.54) is 11.1 Å². The summed E-state index contributed by atoms with van der Waals surface area (Å²) in [5, 5.41) is 6.75. The number of halogens is 1. The van der Waals surface area contributed by atoms with Gasteiger partial charge in [0, 0.05) is 32.8 Å². The summed E-state index contributed by atoms with van der Waals surface area (Å²) in [7, 11) is 2.11. The minimum Gasteiger partial charge on any atom is -0.468 e. The number of rotatable bonds is 13. The van der Waals surface area contributed by atoms with Crippen LogP contribution >= 0.6 is 24.0 Å². The molecule has 7 nitrogen and oxygen atoms in total. The molecule has 2 heterocycles. The topological polar surface area (TPSA) is 71.3 Å². The molecule has 1 aliphatic rings. The Kier molecular flexibility index (Phi) is 13.5. The van der Waals surface area contributed by atoms with Crippen LogP contribution in [0.4, 0.5) is 0 Å². The Morgan fingerprint density at radius 1 is 1.15 bits per heavy atom. The molecule has 2 N–H and O–H groups in total. The molecule has 3 rings (SSSR count). The molecule has 0 amide bonds. The molecule has 8 heteroatoms. The number of hydrogen-bond acceptors (Lipinski definition) is 5. The summed E-state index contributed by atoms with van der Waals surface area (Å²) >= 11 is 0. The Bertz CT molecular complexity index is 795. The van der Waals surface area contributed by atoms with Gasteiger partial charge < -0.3 is 24.5 Å². The molecule has 1 aromatic heterocycles. The Balaban J connectivity index is 0.00000385. The van der Waals surface area contributed by atoms with Gasteiger partial charge in [-0.3, -0.25) is 4.90 Å². The lowest BCUT2D eigenvalue weighted by atomic mass is 10.1. The summed E-state index contributed by atoms with van der Waals surface area (Å²) in [6.07, 6.45) is 5.22. The molecule has 1 saturated heterocycles. The van der Waals surface area contributed by atoms with Gasteiger partial charge in [-0.05, 0) is 56.5 Å². The van der Waals surface area contributed by atoms with E-state index < -0.39 is 0 Å². The van der Waals surface area contributed by atoms with Gasteiger partial charge in [-0.2, -0.15) is 0 Å². The highest BCUT2D eigenvalue weighted by Crippen LogP contribution is 2.14. The highest BCUT2D eigenvalue weighted by atomic mass is 127. The van der Waals surface area contributed by atoms with Crippen molar-refractivity contribution in [3.63, 3.8) is 0 Å². The Labute approximate surface area is 215 Å². The van der Waals surface area contributed by atoms with Gasteiger partial charge in [-0.25, -0.2) is 4.99 Å². The van der Waals surface area contributed by atoms with Crippen molar-refractivity contribution in [1.29, 1.82) is 0 Å². The zero-order chi connectivity index (χ0) is 22.4. The molecule has 1 aromatic carbocycles. The first-order valence-corrected chi connectivity index (χ1v) is 11.7. The number of benzene rings is 1. The lowest BCUT2D eigenvalue weighted by molar-refractivity contribution is 0.0168. The number of aliphatic imine (C=N–C) groups is 1. The first-order valence-electron chi connectivity index (χ1n) is 11.7. The third kappa shape index (κ3) is 10.5. The molecular formula is C25H39IN4O3. The fourth-order valence-electron chi connectivity index (χ4n) is 3.76. The van der Waals surface area contributed by atoms with E-state index >= 15 is 0 Å². The lowest BCUT2D eigenvalue weighted by Crippen LogP contribution is -2.38. The smallest absolute Gasteiger partial charge is 0.191 e. The molecule has 1 atom stereocenters. The first kappa shape index (κ1) is 27.6. The average molecular weight is 571 g/mol. The van der Waals surface area contributed by atoms with Crippen molar-refractivity contribution in [1.82, 2.24) is 15.5 Å². The Hall–Kier alpha value is -1.62. The molecule has 0 bridgehead atoms. The second kappa shape index (κ2) is 16.1. The molecule has 1 unspecified atom stereocenters. The van der Waals surface area contributed by atoms with Crippen LogP contribution in [0.5, 0.6) is 0 Å². The van der Waals surface area contributed by atoms with Crippen LogP contribution in [0.25, 0.3) is 0 Å². The minimum atomic E-state index is 0. The van der Waals surface area contributed by atoms with E-state index in [9.17, 15) is 0 Å². The predicted molar refractivity (Wildman–Crippen MR) is 143 cm³/mol. The molecule has 2 aromatic rings. The van der Waals surface area contributed by atoms with Crippen LogP contribution < -0.4 is 10.6 Å². The van der Waals surface area contributed by atoms with Crippen molar-refractivity contribution < 1.29 is 13.9 Å². The summed E-state index contributed by atoms with van der Waals surface area (Å²) in [5.74, 6) is 1.81. The summed E-state index contributed by atoms with van der Waals surface area (Å²) < 4.78 is 16.8. The van der Waals surface area contributed by atoms with E-state index in [0.717, 1.165) is 70.4 Å². The number of guanidine groups is 1. The van der Waals surface area contributed by atoms with Crippen LogP contribution in [0.15, 0.2) is 52.1 Å². The van der Waals surface area contributed by atoms with Crippen molar-refractivity contribution >= 4 is 29.9 Å². The van der Waals surface area contributed by atoms with E-state index in [4.69, 9.17) is 18.9 Å². The normalized spacial score (nSPS) is 16.1. The molecule has 1 aliphatic heterocycles. The summed E-state index contributed by atoms with van der Waals surface area (Å²) in [4.78, 5) is 7.06. The molecule has 33 heavy (non-hydrogen) atoms. The van der Waals surface area contributed by atoms with Crippen molar-refractivity contribution in [3.05, 3.63) is 59.5 Å². The second-order valence-corrected chi connectivity index (χ2v) is 8.21. The van der Waals surface area contributed by atoms with Crippen molar-refractivity contribution in [2.75, 3.05) is 40.0 Å². The number of hydrogen-bond donors (Lipinski definition) is 2. The lowest BCUT2D eigenvalue weighted by Gasteiger charge is -2.18. The average Bonchev–Trinajstić information content (AvgIpc) is 3.49. The van der Waals surface area contributed by atoms with E-state index in [2.05, 4.69) is 53.8 Å². The summed E-state index contributed by atoms with van der Waals surface area (Å²) in [6.45, 7) is 8.31. The van der Waals surface area contributed by atoms with Crippen LogP contribution in [-0.2, 0) is 29.1 Å². The third-order valence-electron chi connectivity index (χ3n) is 5.40. The maximum Gasteiger partial charge on any atom is 0.191 e. The van der Waals surface area contributed by atoms with Gasteiger partial charge in [0.15, 0.2) is 5.96 Å². The highest BCUT2D eigenvalue weighted by Gasteiger charge is 2.15. The zero-order valence-corrected chi connectivity index (χ0v) is 22.3. The van der Waals surface area contributed by atoms with Gasteiger partial charge in [-0.1, -0.05) is 24.3 Å². The van der Waals surface area contributed by atoms with Crippen LogP contribution in [0.1, 0.15) is 43.1 Å². The molecular weight excluding hydrogens is 531 g/mol. The van der Waals surface area contributed by atoms with Gasteiger partial charge in [0.2, 0.25) is 0 Å². The predicted octanol–water partition coefficient (Wildman–Crippen LogP) is 4.17. The summed E-state index contributed by atoms with van der Waals surface area (Å²) in [5.41, 5.74) is 2.51. The van der Waals surface area contributed by atoms with E-state index in [-0.39, 0.29) is 24.0 Å². The van der Waals surface area contributed by atoms with Gasteiger partial charge in [-0.15, -0.1) is 24.0 Å². The third-order valence-corrected chi connectivity index (χ3v) is 5.40. The van der Waals surface area contributed by atoms with E-state index in [1.807, 2.05) is 12.1 Å². The molecule has 0 aliphatic carbocycles. The SMILES string of the molecule is CCNC(=NCc1ccccc1CN(C)Cc1ccco1)NCCCOCC1CCCO1.I. The van der Waals surface area contributed by atoms with Gasteiger partial charge in [0.25, 0.3) is 0 Å². The van der Waals surface area contributed by atoms with E-state index in [0.29, 0.717) is 19.3 Å². The van der Waals surface area contributed by atoms with Crippen LogP contribution in [-0.4, -0.2) is 56.9 Å². The second-order valence-electron chi connectivity index (χ2n) is 8.21. The number of nitrogens with zero attached hydrogens (tertiary/aromatic N) is 2. The minimum absolute atomic E-state index is 0. The summed E-state index contributed by atoms with van der Waals surface area (Å²) in [6, 6.07) is 12.4. The van der Waals surface area contributed by atoms with Crippen molar-refractivity contribution in [2.45, 2.75) is 51.9 Å². The first-order chi connectivity index (χ1) is 15.7. The van der Waals surface area contributed by atoms with Gasteiger partial charge in [0.1, 0.15) is 5.76 Å².